The van der Waals surface area contributed by atoms with Gasteiger partial charge in [0.15, 0.2) is 0 Å². The fourth-order valence-corrected chi connectivity index (χ4v) is 2.36. The second-order valence-electron chi connectivity index (χ2n) is 5.80. The number of aliphatic hydroxyl groups is 1. The molecule has 9 nitrogen and oxygen atoms in total. The van der Waals surface area contributed by atoms with Gasteiger partial charge in [-0.2, -0.15) is 0 Å². The monoisotopic (exact) mass is 340 g/mol. The van der Waals surface area contributed by atoms with Gasteiger partial charge in [-0.25, -0.2) is 4.79 Å². The van der Waals surface area contributed by atoms with E-state index in [1.165, 1.54) is 17.7 Å². The first-order valence-electron chi connectivity index (χ1n) is 7.58. The highest BCUT2D eigenvalue weighted by molar-refractivity contribution is 5.80. The van der Waals surface area contributed by atoms with Gasteiger partial charge in [0.2, 0.25) is 0 Å². The van der Waals surface area contributed by atoms with E-state index in [4.69, 9.17) is 9.47 Å². The van der Waals surface area contributed by atoms with Gasteiger partial charge < -0.3 is 19.4 Å². The van der Waals surface area contributed by atoms with Crippen LogP contribution in [0.5, 0.6) is 0 Å². The van der Waals surface area contributed by atoms with Crippen molar-refractivity contribution in [3.05, 3.63) is 32.6 Å². The average molecular weight is 340 g/mol. The summed E-state index contributed by atoms with van der Waals surface area (Å²) in [5.74, 6) is -0.668. The molecule has 0 aromatic carbocycles. The van der Waals surface area contributed by atoms with Gasteiger partial charge >= 0.3 is 11.7 Å². The van der Waals surface area contributed by atoms with Crippen molar-refractivity contribution in [2.24, 2.45) is 0 Å². The van der Waals surface area contributed by atoms with Gasteiger partial charge in [0.05, 0.1) is 12.5 Å². The first kappa shape index (κ1) is 18.1. The van der Waals surface area contributed by atoms with Crippen LogP contribution in [0.15, 0.2) is 15.8 Å². The van der Waals surface area contributed by atoms with Gasteiger partial charge in [-0.3, -0.25) is 19.1 Å². The summed E-state index contributed by atoms with van der Waals surface area (Å²) >= 11 is 0. The van der Waals surface area contributed by atoms with Crippen LogP contribution in [0, 0.1) is 6.92 Å². The minimum atomic E-state index is -0.922. The van der Waals surface area contributed by atoms with E-state index in [0.29, 0.717) is 5.56 Å². The maximum atomic E-state index is 11.8. The van der Waals surface area contributed by atoms with Crippen LogP contribution >= 0.6 is 0 Å². The SMILES string of the molecule is CC(=O)CCC(=O)OC[C@H]1O[C@H](n2cc(C)c(=O)[nH]c2=O)C[C@@H]1O. The Labute approximate surface area is 137 Å². The van der Waals surface area contributed by atoms with Crippen molar-refractivity contribution < 1.29 is 24.2 Å². The molecule has 9 heteroatoms. The van der Waals surface area contributed by atoms with Crippen molar-refractivity contribution in [1.29, 1.82) is 0 Å². The summed E-state index contributed by atoms with van der Waals surface area (Å²) in [5.41, 5.74) is -0.778. The molecule has 2 heterocycles. The van der Waals surface area contributed by atoms with E-state index in [0.717, 1.165) is 0 Å². The first-order chi connectivity index (χ1) is 11.3. The third-order valence-electron chi connectivity index (χ3n) is 3.75. The summed E-state index contributed by atoms with van der Waals surface area (Å²) in [7, 11) is 0. The van der Waals surface area contributed by atoms with Crippen molar-refractivity contribution in [2.45, 2.75) is 51.5 Å². The Morgan fingerprint density at radius 1 is 1.42 bits per heavy atom. The fraction of sp³-hybridized carbons (Fsp3) is 0.600. The Hall–Kier alpha value is -2.26. The minimum Gasteiger partial charge on any atom is -0.463 e. The van der Waals surface area contributed by atoms with Crippen LogP contribution in [-0.4, -0.2) is 45.2 Å². The summed E-state index contributed by atoms with van der Waals surface area (Å²) in [6.07, 6.45) is -0.906. The molecule has 1 aliphatic heterocycles. The van der Waals surface area contributed by atoms with Crippen molar-refractivity contribution in [3.63, 3.8) is 0 Å². The van der Waals surface area contributed by atoms with Gasteiger partial charge in [-0.15, -0.1) is 0 Å². The van der Waals surface area contributed by atoms with Crippen LogP contribution in [-0.2, 0) is 19.1 Å². The van der Waals surface area contributed by atoms with Gasteiger partial charge in [0, 0.05) is 24.6 Å². The number of nitrogens with zero attached hydrogens (tertiary/aromatic N) is 1. The summed E-state index contributed by atoms with van der Waals surface area (Å²) in [6, 6.07) is 0. The van der Waals surface area contributed by atoms with Gasteiger partial charge in [0.25, 0.3) is 5.56 Å². The quantitative estimate of drug-likeness (QED) is 0.662. The lowest BCUT2D eigenvalue weighted by Crippen LogP contribution is -2.33. The third kappa shape index (κ3) is 4.39. The molecule has 0 spiro atoms. The molecule has 0 saturated carbocycles. The predicted molar refractivity (Wildman–Crippen MR) is 81.5 cm³/mol. The molecule has 2 rings (SSSR count). The number of H-pyrrole nitrogens is 1. The molecule has 2 N–H and O–H groups in total. The second kappa shape index (κ2) is 7.54. The highest BCUT2D eigenvalue weighted by atomic mass is 16.6. The van der Waals surface area contributed by atoms with E-state index in [2.05, 4.69) is 4.98 Å². The number of esters is 1. The predicted octanol–water partition coefficient (Wildman–Crippen LogP) is -0.594. The van der Waals surface area contributed by atoms with Crippen LogP contribution in [0.4, 0.5) is 0 Å². The average Bonchev–Trinajstić information content (AvgIpc) is 2.87. The van der Waals surface area contributed by atoms with E-state index in [9.17, 15) is 24.3 Å². The minimum absolute atomic E-state index is 0.0276. The molecule has 0 unspecified atom stereocenters. The fourth-order valence-electron chi connectivity index (χ4n) is 2.36. The number of ether oxygens (including phenoxy) is 2. The lowest BCUT2D eigenvalue weighted by molar-refractivity contribution is -0.151. The molecule has 1 saturated heterocycles. The molecule has 3 atom stereocenters. The van der Waals surface area contributed by atoms with Gasteiger partial charge in [0.1, 0.15) is 24.7 Å². The summed E-state index contributed by atoms with van der Waals surface area (Å²) in [4.78, 5) is 47.7. The Kier molecular flexibility index (Phi) is 5.68. The highest BCUT2D eigenvalue weighted by Crippen LogP contribution is 2.27. The van der Waals surface area contributed by atoms with Crippen molar-refractivity contribution in [3.8, 4) is 0 Å². The molecule has 24 heavy (non-hydrogen) atoms. The van der Waals surface area contributed by atoms with Crippen molar-refractivity contribution in [2.75, 3.05) is 6.61 Å². The number of hydrogen-bond donors (Lipinski definition) is 2. The smallest absolute Gasteiger partial charge is 0.330 e. The largest absolute Gasteiger partial charge is 0.463 e. The Morgan fingerprint density at radius 2 is 2.12 bits per heavy atom. The van der Waals surface area contributed by atoms with Crippen LogP contribution in [0.2, 0.25) is 0 Å². The van der Waals surface area contributed by atoms with E-state index >= 15 is 0 Å². The van der Waals surface area contributed by atoms with Crippen LogP contribution in [0.1, 0.15) is 38.0 Å². The number of ketones is 1. The highest BCUT2D eigenvalue weighted by Gasteiger charge is 2.36. The van der Waals surface area contributed by atoms with Crippen LogP contribution in [0.3, 0.4) is 0 Å². The van der Waals surface area contributed by atoms with E-state index in [1.807, 2.05) is 0 Å². The number of aliphatic hydroxyl groups excluding tert-OH is 1. The number of aromatic amines is 1. The lowest BCUT2D eigenvalue weighted by atomic mass is 10.2. The second-order valence-corrected chi connectivity index (χ2v) is 5.80. The number of nitrogens with one attached hydrogen (secondary N) is 1. The van der Waals surface area contributed by atoms with Crippen LogP contribution in [0.25, 0.3) is 0 Å². The number of hydrogen-bond acceptors (Lipinski definition) is 7. The zero-order valence-electron chi connectivity index (χ0n) is 13.5. The van der Waals surface area contributed by atoms with E-state index in [1.54, 1.807) is 6.92 Å². The Balaban J connectivity index is 1.96. The summed E-state index contributed by atoms with van der Waals surface area (Å²) in [5, 5.41) is 10.0. The maximum Gasteiger partial charge on any atom is 0.330 e. The van der Waals surface area contributed by atoms with Gasteiger partial charge in [-0.05, 0) is 13.8 Å². The summed E-state index contributed by atoms with van der Waals surface area (Å²) < 4.78 is 11.7. The molecule has 0 bridgehead atoms. The third-order valence-corrected chi connectivity index (χ3v) is 3.75. The number of aryl methyl sites for hydroxylation is 1. The van der Waals surface area contributed by atoms with E-state index < -0.39 is 35.7 Å². The molecule has 1 fully saturated rings. The summed E-state index contributed by atoms with van der Waals surface area (Å²) in [6.45, 7) is 2.76. The van der Waals surface area contributed by atoms with Gasteiger partial charge in [-0.1, -0.05) is 0 Å². The molecule has 0 aliphatic carbocycles. The first-order valence-corrected chi connectivity index (χ1v) is 7.58. The van der Waals surface area contributed by atoms with Crippen molar-refractivity contribution in [1.82, 2.24) is 9.55 Å². The lowest BCUT2D eigenvalue weighted by Gasteiger charge is -2.16. The zero-order chi connectivity index (χ0) is 17.9. The Bertz CT molecular complexity index is 736. The molecule has 132 valence electrons. The molecule has 1 aliphatic rings. The molecular weight excluding hydrogens is 320 g/mol. The van der Waals surface area contributed by atoms with E-state index in [-0.39, 0.29) is 31.7 Å². The molecule has 0 radical (unpaired) electrons. The molecule has 1 aromatic heterocycles. The number of aromatic nitrogens is 2. The maximum absolute atomic E-state index is 11.8. The molecular formula is C15H20N2O7. The Morgan fingerprint density at radius 3 is 2.79 bits per heavy atom. The number of carbonyl (C=O) groups excluding carboxylic acids is 2. The normalized spacial score (nSPS) is 23.2. The molecule has 0 amide bonds. The molecule has 1 aromatic rings. The number of rotatable bonds is 6. The zero-order valence-corrected chi connectivity index (χ0v) is 13.5. The van der Waals surface area contributed by atoms with Crippen molar-refractivity contribution >= 4 is 11.8 Å². The topological polar surface area (TPSA) is 128 Å². The van der Waals surface area contributed by atoms with Crippen LogP contribution < -0.4 is 11.2 Å². The number of carbonyl (C=O) groups is 2. The standard InChI is InChI=1S/C15H20N2O7/c1-8-6-17(15(22)16-14(8)21)12-5-10(19)11(24-12)7-23-13(20)4-3-9(2)18/h6,10-12,19H,3-5,7H2,1-2H3,(H,16,21,22)/t10-,11+,12-/m0/s1. The number of Topliss-reactive ketones (excluding diaryl/α,β-unsaturated/α-hetero) is 1.